The van der Waals surface area contributed by atoms with E-state index in [-0.39, 0.29) is 11.1 Å². The van der Waals surface area contributed by atoms with E-state index in [1.807, 2.05) is 0 Å². The minimum absolute atomic E-state index is 0.169. The Kier molecular flexibility index (Phi) is 3.31. The second-order valence-electron chi connectivity index (χ2n) is 4.76. The monoisotopic (exact) mass is 293 g/mol. The Balaban J connectivity index is 2.18. The van der Waals surface area contributed by atoms with Gasteiger partial charge in [0.25, 0.3) is 0 Å². The van der Waals surface area contributed by atoms with Crippen molar-refractivity contribution in [3.63, 3.8) is 0 Å². The van der Waals surface area contributed by atoms with E-state index < -0.39 is 11.9 Å². The number of carboxylic acids is 2. The molecule has 3 aromatic rings. The molecule has 5 heteroatoms. The average molecular weight is 293 g/mol. The molecule has 0 aliphatic carbocycles. The molecule has 0 amide bonds. The third-order valence-corrected chi connectivity index (χ3v) is 3.37. The molecule has 1 heterocycles. The third kappa shape index (κ3) is 2.40. The van der Waals surface area contributed by atoms with Gasteiger partial charge >= 0.3 is 11.9 Å². The normalized spacial score (nSPS) is 10.5. The second-order valence-corrected chi connectivity index (χ2v) is 4.76. The highest BCUT2D eigenvalue weighted by molar-refractivity contribution is 6.03. The molecule has 0 unspecified atom stereocenters. The number of aromatic nitrogens is 1. The first-order valence-corrected chi connectivity index (χ1v) is 6.53. The molecular formula is C17H11NO4. The van der Waals surface area contributed by atoms with Gasteiger partial charge < -0.3 is 10.2 Å². The first-order chi connectivity index (χ1) is 10.6. The molecular weight excluding hydrogens is 282 g/mol. The average Bonchev–Trinajstić information content (AvgIpc) is 2.53. The summed E-state index contributed by atoms with van der Waals surface area (Å²) >= 11 is 0. The summed E-state index contributed by atoms with van der Waals surface area (Å²) in [6.45, 7) is 0. The van der Waals surface area contributed by atoms with Gasteiger partial charge in [-0.25, -0.2) is 14.6 Å². The number of aromatic carboxylic acids is 2. The molecule has 0 bridgehead atoms. The number of carboxylic acid groups (broad SMARTS) is 2. The highest BCUT2D eigenvalue weighted by atomic mass is 16.4. The molecule has 22 heavy (non-hydrogen) atoms. The fourth-order valence-corrected chi connectivity index (χ4v) is 2.28. The molecule has 108 valence electrons. The van der Waals surface area contributed by atoms with Gasteiger partial charge in [0.15, 0.2) is 0 Å². The number of rotatable bonds is 3. The summed E-state index contributed by atoms with van der Waals surface area (Å²) < 4.78 is 0. The first-order valence-electron chi connectivity index (χ1n) is 6.53. The number of hydrogen-bond acceptors (Lipinski definition) is 3. The standard InChI is InChI=1S/C17H11NO4/c19-16(20)11-7-5-10(6-8-11)15-9-13(17(21)22)12-3-1-2-4-14(12)18-15/h1-9H,(H,19,20)(H,21,22). The Labute approximate surface area is 125 Å². The van der Waals surface area contributed by atoms with Crippen molar-refractivity contribution in [1.29, 1.82) is 0 Å². The maximum absolute atomic E-state index is 11.4. The zero-order valence-corrected chi connectivity index (χ0v) is 11.4. The second kappa shape index (κ2) is 5.29. The van der Waals surface area contributed by atoms with Gasteiger partial charge in [-0.15, -0.1) is 0 Å². The highest BCUT2D eigenvalue weighted by Crippen LogP contribution is 2.25. The molecule has 0 spiro atoms. The van der Waals surface area contributed by atoms with Gasteiger partial charge in [-0.2, -0.15) is 0 Å². The van der Waals surface area contributed by atoms with Crippen LogP contribution in [0.15, 0.2) is 54.6 Å². The zero-order chi connectivity index (χ0) is 15.7. The Morgan fingerprint density at radius 1 is 0.864 bits per heavy atom. The molecule has 0 atom stereocenters. The van der Waals surface area contributed by atoms with Crippen LogP contribution in [0.2, 0.25) is 0 Å². The minimum atomic E-state index is -1.03. The Hall–Kier alpha value is -3.21. The van der Waals surface area contributed by atoms with E-state index in [2.05, 4.69) is 4.98 Å². The third-order valence-electron chi connectivity index (χ3n) is 3.37. The van der Waals surface area contributed by atoms with Crippen molar-refractivity contribution in [2.45, 2.75) is 0 Å². The topological polar surface area (TPSA) is 87.5 Å². The van der Waals surface area contributed by atoms with E-state index in [4.69, 9.17) is 5.11 Å². The van der Waals surface area contributed by atoms with E-state index in [1.165, 1.54) is 18.2 Å². The lowest BCUT2D eigenvalue weighted by Gasteiger charge is -2.07. The number of nitrogens with zero attached hydrogens (tertiary/aromatic N) is 1. The fourth-order valence-electron chi connectivity index (χ4n) is 2.28. The zero-order valence-electron chi connectivity index (χ0n) is 11.4. The lowest BCUT2D eigenvalue weighted by atomic mass is 10.0. The van der Waals surface area contributed by atoms with E-state index in [0.717, 1.165) is 0 Å². The van der Waals surface area contributed by atoms with E-state index in [0.29, 0.717) is 22.2 Å². The summed E-state index contributed by atoms with van der Waals surface area (Å²) in [7, 11) is 0. The van der Waals surface area contributed by atoms with Crippen molar-refractivity contribution >= 4 is 22.8 Å². The van der Waals surface area contributed by atoms with Crippen LogP contribution < -0.4 is 0 Å². The largest absolute Gasteiger partial charge is 0.478 e. The van der Waals surface area contributed by atoms with Crippen LogP contribution in [-0.4, -0.2) is 27.1 Å². The molecule has 5 nitrogen and oxygen atoms in total. The van der Waals surface area contributed by atoms with Crippen LogP contribution in [0, 0.1) is 0 Å². The molecule has 0 fully saturated rings. The van der Waals surface area contributed by atoms with Crippen molar-refractivity contribution in [3.05, 3.63) is 65.7 Å². The Morgan fingerprint density at radius 3 is 2.18 bits per heavy atom. The Morgan fingerprint density at radius 2 is 1.55 bits per heavy atom. The van der Waals surface area contributed by atoms with Crippen LogP contribution in [0.1, 0.15) is 20.7 Å². The molecule has 2 aromatic carbocycles. The maximum Gasteiger partial charge on any atom is 0.336 e. The van der Waals surface area contributed by atoms with Gasteiger partial charge in [-0.1, -0.05) is 30.3 Å². The molecule has 0 saturated carbocycles. The van der Waals surface area contributed by atoms with Crippen LogP contribution in [0.25, 0.3) is 22.2 Å². The van der Waals surface area contributed by atoms with E-state index >= 15 is 0 Å². The molecule has 0 saturated heterocycles. The van der Waals surface area contributed by atoms with Gasteiger partial charge in [-0.05, 0) is 24.3 Å². The van der Waals surface area contributed by atoms with Gasteiger partial charge in [0, 0.05) is 10.9 Å². The SMILES string of the molecule is O=C(O)c1ccc(-c2cc(C(=O)O)c3ccccc3n2)cc1. The van der Waals surface area contributed by atoms with Crippen LogP contribution in [0.3, 0.4) is 0 Å². The van der Waals surface area contributed by atoms with Gasteiger partial charge in [0.2, 0.25) is 0 Å². The molecule has 3 rings (SSSR count). The molecule has 2 N–H and O–H groups in total. The van der Waals surface area contributed by atoms with Gasteiger partial charge in [-0.3, -0.25) is 0 Å². The van der Waals surface area contributed by atoms with Gasteiger partial charge in [0.1, 0.15) is 0 Å². The predicted molar refractivity (Wildman–Crippen MR) is 81.1 cm³/mol. The van der Waals surface area contributed by atoms with Crippen LogP contribution in [-0.2, 0) is 0 Å². The summed E-state index contributed by atoms with van der Waals surface area (Å²) in [6.07, 6.45) is 0. The fraction of sp³-hybridized carbons (Fsp3) is 0. The predicted octanol–water partition coefficient (Wildman–Crippen LogP) is 3.30. The summed E-state index contributed by atoms with van der Waals surface area (Å²) in [6, 6.07) is 14.7. The number of para-hydroxylation sites is 1. The molecule has 1 aromatic heterocycles. The van der Waals surface area contributed by atoms with E-state index in [9.17, 15) is 14.7 Å². The van der Waals surface area contributed by atoms with Crippen molar-refractivity contribution in [3.8, 4) is 11.3 Å². The number of fused-ring (bicyclic) bond motifs is 1. The van der Waals surface area contributed by atoms with Crippen molar-refractivity contribution in [2.75, 3.05) is 0 Å². The maximum atomic E-state index is 11.4. The Bertz CT molecular complexity index is 885. The number of carbonyl (C=O) groups is 2. The smallest absolute Gasteiger partial charge is 0.336 e. The number of hydrogen-bond donors (Lipinski definition) is 2. The molecule has 0 aliphatic rings. The van der Waals surface area contributed by atoms with Crippen LogP contribution in [0.5, 0.6) is 0 Å². The first kappa shape index (κ1) is 13.8. The van der Waals surface area contributed by atoms with Crippen LogP contribution >= 0.6 is 0 Å². The molecule has 0 radical (unpaired) electrons. The number of pyridine rings is 1. The summed E-state index contributed by atoms with van der Waals surface area (Å²) in [5.74, 6) is -2.04. The lowest BCUT2D eigenvalue weighted by molar-refractivity contribution is 0.0687. The number of benzene rings is 2. The van der Waals surface area contributed by atoms with E-state index in [1.54, 1.807) is 36.4 Å². The van der Waals surface area contributed by atoms with Crippen LogP contribution in [0.4, 0.5) is 0 Å². The summed E-state index contributed by atoms with van der Waals surface area (Å²) in [5, 5.41) is 18.8. The summed E-state index contributed by atoms with van der Waals surface area (Å²) in [4.78, 5) is 26.8. The quantitative estimate of drug-likeness (QED) is 0.773. The van der Waals surface area contributed by atoms with Crippen molar-refractivity contribution in [2.24, 2.45) is 0 Å². The minimum Gasteiger partial charge on any atom is -0.478 e. The lowest BCUT2D eigenvalue weighted by Crippen LogP contribution is -2.00. The van der Waals surface area contributed by atoms with Crippen molar-refractivity contribution in [1.82, 2.24) is 4.98 Å². The molecule has 0 aliphatic heterocycles. The van der Waals surface area contributed by atoms with Gasteiger partial charge in [0.05, 0.1) is 22.3 Å². The highest BCUT2D eigenvalue weighted by Gasteiger charge is 2.13. The van der Waals surface area contributed by atoms with Crippen molar-refractivity contribution < 1.29 is 19.8 Å². The summed E-state index contributed by atoms with van der Waals surface area (Å²) in [5.41, 5.74) is 2.08.